The SMILES string of the molecule is O=C(CCSc1nnnn1C[C@H]1CCCO1)Nc1cccc(Cl)c1. The van der Waals surface area contributed by atoms with Crippen molar-refractivity contribution < 1.29 is 9.53 Å². The van der Waals surface area contributed by atoms with Gasteiger partial charge in [-0.2, -0.15) is 0 Å². The van der Waals surface area contributed by atoms with E-state index >= 15 is 0 Å². The molecule has 1 aliphatic rings. The molecule has 3 rings (SSSR count). The minimum Gasteiger partial charge on any atom is -0.376 e. The van der Waals surface area contributed by atoms with Crippen LogP contribution in [0.15, 0.2) is 29.4 Å². The molecule has 1 N–H and O–H groups in total. The Morgan fingerprint density at radius 3 is 3.21 bits per heavy atom. The van der Waals surface area contributed by atoms with E-state index in [1.165, 1.54) is 11.8 Å². The molecule has 2 heterocycles. The third-order valence-corrected chi connectivity index (χ3v) is 4.76. The van der Waals surface area contributed by atoms with E-state index in [0.29, 0.717) is 34.6 Å². The molecule has 1 aromatic heterocycles. The fourth-order valence-corrected chi connectivity index (χ4v) is 3.44. The summed E-state index contributed by atoms with van der Waals surface area (Å²) in [5.41, 5.74) is 0.695. The number of anilines is 1. The van der Waals surface area contributed by atoms with Gasteiger partial charge in [0.25, 0.3) is 0 Å². The first-order valence-electron chi connectivity index (χ1n) is 7.77. The number of carbonyl (C=O) groups is 1. The fourth-order valence-electron chi connectivity index (χ4n) is 2.42. The molecule has 1 fully saturated rings. The Morgan fingerprint density at radius 1 is 1.50 bits per heavy atom. The van der Waals surface area contributed by atoms with Crippen molar-refractivity contribution in [3.05, 3.63) is 29.3 Å². The first-order chi connectivity index (χ1) is 11.7. The summed E-state index contributed by atoms with van der Waals surface area (Å²) < 4.78 is 7.34. The van der Waals surface area contributed by atoms with Crippen molar-refractivity contribution in [2.75, 3.05) is 17.7 Å². The maximum absolute atomic E-state index is 12.0. The number of rotatable bonds is 7. The molecule has 0 spiro atoms. The number of amides is 1. The summed E-state index contributed by atoms with van der Waals surface area (Å²) in [4.78, 5) is 12.0. The first kappa shape index (κ1) is 17.2. The van der Waals surface area contributed by atoms with E-state index in [1.807, 2.05) is 0 Å². The van der Waals surface area contributed by atoms with Crippen LogP contribution in [0, 0.1) is 0 Å². The average Bonchev–Trinajstić information content (AvgIpc) is 3.20. The molecule has 0 radical (unpaired) electrons. The molecule has 7 nitrogen and oxygen atoms in total. The van der Waals surface area contributed by atoms with Gasteiger partial charge in [0.2, 0.25) is 11.1 Å². The third-order valence-electron chi connectivity index (χ3n) is 3.57. The normalized spacial score (nSPS) is 17.1. The molecular formula is C15H18ClN5O2S. The van der Waals surface area contributed by atoms with Gasteiger partial charge in [-0.05, 0) is 41.5 Å². The molecule has 0 saturated carbocycles. The van der Waals surface area contributed by atoms with Gasteiger partial charge in [-0.3, -0.25) is 4.79 Å². The van der Waals surface area contributed by atoms with Crippen molar-refractivity contribution in [1.82, 2.24) is 20.2 Å². The number of tetrazole rings is 1. The zero-order valence-corrected chi connectivity index (χ0v) is 14.6. The highest BCUT2D eigenvalue weighted by atomic mass is 35.5. The third kappa shape index (κ3) is 4.93. The number of benzene rings is 1. The molecule has 24 heavy (non-hydrogen) atoms. The number of nitrogens with one attached hydrogen (secondary N) is 1. The van der Waals surface area contributed by atoms with Gasteiger partial charge in [0.05, 0.1) is 12.6 Å². The minimum absolute atomic E-state index is 0.0667. The topological polar surface area (TPSA) is 81.9 Å². The lowest BCUT2D eigenvalue weighted by Crippen LogP contribution is -2.17. The van der Waals surface area contributed by atoms with Crippen LogP contribution in [0.25, 0.3) is 0 Å². The lowest BCUT2D eigenvalue weighted by molar-refractivity contribution is -0.115. The molecular weight excluding hydrogens is 350 g/mol. The molecule has 1 amide bonds. The summed E-state index contributed by atoms with van der Waals surface area (Å²) in [6.45, 7) is 1.46. The lowest BCUT2D eigenvalue weighted by atomic mass is 10.2. The summed E-state index contributed by atoms with van der Waals surface area (Å²) in [5, 5.41) is 15.8. The van der Waals surface area contributed by atoms with E-state index in [2.05, 4.69) is 20.8 Å². The molecule has 0 aliphatic carbocycles. The van der Waals surface area contributed by atoms with Crippen LogP contribution >= 0.6 is 23.4 Å². The van der Waals surface area contributed by atoms with Crippen LogP contribution in [0.2, 0.25) is 5.02 Å². The number of thioether (sulfide) groups is 1. The summed E-state index contributed by atoms with van der Waals surface area (Å²) >= 11 is 7.36. The molecule has 0 unspecified atom stereocenters. The smallest absolute Gasteiger partial charge is 0.225 e. The van der Waals surface area contributed by atoms with Crippen molar-refractivity contribution >= 4 is 35.0 Å². The maximum atomic E-state index is 12.0. The van der Waals surface area contributed by atoms with Gasteiger partial charge in [0.15, 0.2) is 0 Å². The average molecular weight is 368 g/mol. The number of nitrogens with zero attached hydrogens (tertiary/aromatic N) is 4. The second-order valence-corrected chi connectivity index (χ2v) is 6.93. The Kier molecular flexibility index (Phi) is 6.06. The van der Waals surface area contributed by atoms with Gasteiger partial charge >= 0.3 is 0 Å². The van der Waals surface area contributed by atoms with Crippen molar-refractivity contribution in [3.8, 4) is 0 Å². The first-order valence-corrected chi connectivity index (χ1v) is 9.13. The van der Waals surface area contributed by atoms with Gasteiger partial charge in [-0.1, -0.05) is 29.4 Å². The number of hydrogen-bond donors (Lipinski definition) is 1. The Bertz CT molecular complexity index is 690. The number of aromatic nitrogens is 4. The molecule has 2 aromatic rings. The van der Waals surface area contributed by atoms with Crippen LogP contribution in [0.4, 0.5) is 5.69 Å². The van der Waals surface area contributed by atoms with E-state index in [-0.39, 0.29) is 12.0 Å². The van der Waals surface area contributed by atoms with E-state index in [4.69, 9.17) is 16.3 Å². The highest BCUT2D eigenvalue weighted by Crippen LogP contribution is 2.19. The van der Waals surface area contributed by atoms with Crippen molar-refractivity contribution in [2.24, 2.45) is 0 Å². The quantitative estimate of drug-likeness (QED) is 0.757. The van der Waals surface area contributed by atoms with Crippen molar-refractivity contribution in [1.29, 1.82) is 0 Å². The Hall–Kier alpha value is -1.64. The van der Waals surface area contributed by atoms with Gasteiger partial charge in [-0.25, -0.2) is 4.68 Å². The number of halogens is 1. The van der Waals surface area contributed by atoms with Gasteiger partial charge in [0.1, 0.15) is 0 Å². The number of ether oxygens (including phenoxy) is 1. The molecule has 1 saturated heterocycles. The predicted octanol–water partition coefficient (Wildman–Crippen LogP) is 2.63. The number of carbonyl (C=O) groups excluding carboxylic acids is 1. The number of hydrogen-bond acceptors (Lipinski definition) is 6. The summed E-state index contributed by atoms with van der Waals surface area (Å²) in [6, 6.07) is 7.08. The zero-order chi connectivity index (χ0) is 16.8. The van der Waals surface area contributed by atoms with E-state index in [0.717, 1.165) is 19.4 Å². The van der Waals surface area contributed by atoms with Gasteiger partial charge < -0.3 is 10.1 Å². The summed E-state index contributed by atoms with van der Waals surface area (Å²) in [5.74, 6) is 0.529. The molecule has 1 aliphatic heterocycles. The maximum Gasteiger partial charge on any atom is 0.225 e. The molecule has 128 valence electrons. The van der Waals surface area contributed by atoms with E-state index in [9.17, 15) is 4.79 Å². The highest BCUT2D eigenvalue weighted by Gasteiger charge is 2.19. The monoisotopic (exact) mass is 367 g/mol. The van der Waals surface area contributed by atoms with Crippen LogP contribution in [-0.4, -0.2) is 44.6 Å². The molecule has 1 aromatic carbocycles. The van der Waals surface area contributed by atoms with Crippen LogP contribution in [0.5, 0.6) is 0 Å². The summed E-state index contributed by atoms with van der Waals surface area (Å²) in [6.07, 6.45) is 2.66. The van der Waals surface area contributed by atoms with Gasteiger partial charge in [0, 0.05) is 29.5 Å². The Morgan fingerprint density at radius 2 is 2.42 bits per heavy atom. The summed E-state index contributed by atoms with van der Waals surface area (Å²) in [7, 11) is 0. The van der Waals surface area contributed by atoms with Crippen LogP contribution < -0.4 is 5.32 Å². The van der Waals surface area contributed by atoms with E-state index < -0.39 is 0 Å². The molecule has 0 bridgehead atoms. The highest BCUT2D eigenvalue weighted by molar-refractivity contribution is 7.99. The van der Waals surface area contributed by atoms with Crippen LogP contribution in [0.3, 0.4) is 0 Å². The van der Waals surface area contributed by atoms with Gasteiger partial charge in [-0.15, -0.1) is 5.10 Å². The fraction of sp³-hybridized carbons (Fsp3) is 0.467. The zero-order valence-electron chi connectivity index (χ0n) is 13.0. The largest absolute Gasteiger partial charge is 0.376 e. The van der Waals surface area contributed by atoms with Crippen LogP contribution in [0.1, 0.15) is 19.3 Å². The molecule has 1 atom stereocenters. The lowest BCUT2D eigenvalue weighted by Gasteiger charge is -2.10. The Balaban J connectivity index is 1.44. The molecule has 9 heteroatoms. The predicted molar refractivity (Wildman–Crippen MR) is 92.2 cm³/mol. The van der Waals surface area contributed by atoms with Crippen molar-refractivity contribution in [2.45, 2.75) is 37.1 Å². The van der Waals surface area contributed by atoms with Crippen molar-refractivity contribution in [3.63, 3.8) is 0 Å². The standard InChI is InChI=1S/C15H18ClN5O2S/c16-11-3-1-4-12(9-11)17-14(22)6-8-24-15-18-19-20-21(15)10-13-5-2-7-23-13/h1,3-4,9,13H,2,5-8,10H2,(H,17,22)/t13-/m1/s1. The van der Waals surface area contributed by atoms with Crippen LogP contribution in [-0.2, 0) is 16.1 Å². The minimum atomic E-state index is -0.0667. The second kappa shape index (κ2) is 8.46. The Labute approximate surface area is 149 Å². The second-order valence-electron chi connectivity index (χ2n) is 5.44. The van der Waals surface area contributed by atoms with E-state index in [1.54, 1.807) is 28.9 Å².